The number of hydrogen-bond acceptors (Lipinski definition) is 4. The highest BCUT2D eigenvalue weighted by Gasteiger charge is 2.37. The summed E-state index contributed by atoms with van der Waals surface area (Å²) in [6.45, 7) is 0. The van der Waals surface area contributed by atoms with Crippen LogP contribution in [-0.4, -0.2) is 37.8 Å². The monoisotopic (exact) mass is 536 g/mol. The van der Waals surface area contributed by atoms with E-state index in [0.717, 1.165) is 4.68 Å². The molecule has 0 saturated heterocycles. The van der Waals surface area contributed by atoms with Crippen molar-refractivity contribution >= 4 is 46.0 Å². The number of benzene rings is 2. The maximum atomic E-state index is 13.6. The third kappa shape index (κ3) is 5.00. The molecule has 0 aliphatic rings. The van der Waals surface area contributed by atoms with Crippen LogP contribution in [0.1, 0.15) is 21.6 Å². The normalized spacial score (nSPS) is 12.5. The molecule has 4 rings (SSSR count). The first-order chi connectivity index (χ1) is 17.0. The molecule has 4 aromatic rings. The van der Waals surface area contributed by atoms with Gasteiger partial charge in [-0.3, -0.25) is 14.5 Å². The summed E-state index contributed by atoms with van der Waals surface area (Å²) in [5, 5.41) is 16.2. The summed E-state index contributed by atoms with van der Waals surface area (Å²) in [7, 11) is 1.39. The highest BCUT2D eigenvalue weighted by molar-refractivity contribution is 6.39. The van der Waals surface area contributed by atoms with Crippen molar-refractivity contribution in [3.05, 3.63) is 81.7 Å². The summed E-state index contributed by atoms with van der Waals surface area (Å²) in [4.78, 5) is 29.0. The fourth-order valence-electron chi connectivity index (χ4n) is 3.89. The molecule has 2 N–H and O–H groups in total. The van der Waals surface area contributed by atoms with Crippen LogP contribution in [0.2, 0.25) is 10.0 Å². The van der Waals surface area contributed by atoms with E-state index in [1.54, 1.807) is 18.2 Å². The van der Waals surface area contributed by atoms with Crippen LogP contribution in [0.4, 0.5) is 13.2 Å². The van der Waals surface area contributed by atoms with Gasteiger partial charge in [0.1, 0.15) is 6.04 Å². The molecule has 0 aliphatic carbocycles. The van der Waals surface area contributed by atoms with Crippen LogP contribution in [0.5, 0.6) is 0 Å². The highest BCUT2D eigenvalue weighted by atomic mass is 35.5. The minimum Gasteiger partial charge on any atom is -0.480 e. The van der Waals surface area contributed by atoms with E-state index in [1.165, 1.54) is 43.7 Å². The van der Waals surface area contributed by atoms with Crippen LogP contribution in [0, 0.1) is 0 Å². The van der Waals surface area contributed by atoms with Gasteiger partial charge >= 0.3 is 12.1 Å². The van der Waals surface area contributed by atoms with Crippen molar-refractivity contribution in [2.45, 2.75) is 18.6 Å². The Morgan fingerprint density at radius 2 is 1.78 bits per heavy atom. The SMILES string of the molecule is Cn1cc(-c2ccc(CC(NC(=O)c3c(Cl)cccc3Cl)C(=O)O)c3ncccc23)c(C(F)(F)F)n1. The zero-order valence-corrected chi connectivity index (χ0v) is 20.0. The van der Waals surface area contributed by atoms with E-state index in [9.17, 15) is 27.9 Å². The van der Waals surface area contributed by atoms with Gasteiger partial charge in [0.25, 0.3) is 5.91 Å². The van der Waals surface area contributed by atoms with Crippen molar-refractivity contribution in [3.8, 4) is 11.1 Å². The van der Waals surface area contributed by atoms with E-state index in [2.05, 4.69) is 15.4 Å². The minimum absolute atomic E-state index is 0.0533. The number of nitrogens with zero attached hydrogens (tertiary/aromatic N) is 3. The van der Waals surface area contributed by atoms with Crippen LogP contribution >= 0.6 is 23.2 Å². The number of amides is 1. The van der Waals surface area contributed by atoms with Gasteiger partial charge in [0.05, 0.1) is 21.1 Å². The molecule has 12 heteroatoms. The Bertz CT molecular complexity index is 1470. The molecule has 2 heterocycles. The summed E-state index contributed by atoms with van der Waals surface area (Å²) in [5.74, 6) is -2.11. The number of carbonyl (C=O) groups excluding carboxylic acids is 1. The first-order valence-electron chi connectivity index (χ1n) is 10.4. The Morgan fingerprint density at radius 3 is 2.42 bits per heavy atom. The third-order valence-corrected chi connectivity index (χ3v) is 6.09. The number of alkyl halides is 3. The Hall–Kier alpha value is -3.63. The number of aryl methyl sites for hydroxylation is 1. The van der Waals surface area contributed by atoms with Gasteiger partial charge in [-0.25, -0.2) is 4.79 Å². The number of rotatable bonds is 6. The molecule has 0 spiro atoms. The van der Waals surface area contributed by atoms with E-state index >= 15 is 0 Å². The van der Waals surface area contributed by atoms with Gasteiger partial charge in [0.15, 0.2) is 5.69 Å². The van der Waals surface area contributed by atoms with Gasteiger partial charge in [-0.1, -0.05) is 47.5 Å². The van der Waals surface area contributed by atoms with Gasteiger partial charge in [-0.15, -0.1) is 0 Å². The first-order valence-corrected chi connectivity index (χ1v) is 11.2. The molecule has 36 heavy (non-hydrogen) atoms. The van der Waals surface area contributed by atoms with E-state index in [-0.39, 0.29) is 33.2 Å². The molecule has 2 aromatic heterocycles. The topological polar surface area (TPSA) is 97.1 Å². The quantitative estimate of drug-likeness (QED) is 0.344. The largest absolute Gasteiger partial charge is 0.480 e. The minimum atomic E-state index is -4.68. The molecule has 1 amide bonds. The lowest BCUT2D eigenvalue weighted by Crippen LogP contribution is -2.42. The summed E-state index contributed by atoms with van der Waals surface area (Å²) in [6.07, 6.45) is -2.17. The van der Waals surface area contributed by atoms with Crippen molar-refractivity contribution < 1.29 is 27.9 Å². The van der Waals surface area contributed by atoms with Crippen molar-refractivity contribution in [1.29, 1.82) is 0 Å². The van der Waals surface area contributed by atoms with Gasteiger partial charge in [-0.2, -0.15) is 18.3 Å². The Kier molecular flexibility index (Phi) is 6.92. The average molecular weight is 537 g/mol. The first kappa shape index (κ1) is 25.5. The van der Waals surface area contributed by atoms with Crippen molar-refractivity contribution in [2.75, 3.05) is 0 Å². The lowest BCUT2D eigenvalue weighted by Gasteiger charge is -2.17. The predicted molar refractivity (Wildman–Crippen MR) is 128 cm³/mol. The number of carboxylic acid groups (broad SMARTS) is 1. The van der Waals surface area contributed by atoms with Crippen molar-refractivity contribution in [3.63, 3.8) is 0 Å². The molecule has 186 valence electrons. The van der Waals surface area contributed by atoms with Gasteiger partial charge < -0.3 is 10.4 Å². The smallest absolute Gasteiger partial charge is 0.435 e. The molecular formula is C24H17Cl2F3N4O3. The molecule has 0 saturated carbocycles. The summed E-state index contributed by atoms with van der Waals surface area (Å²) in [6, 6.07) is 9.14. The van der Waals surface area contributed by atoms with Crippen LogP contribution in [-0.2, 0) is 24.4 Å². The Balaban J connectivity index is 1.73. The molecule has 2 aromatic carbocycles. The third-order valence-electron chi connectivity index (χ3n) is 5.46. The summed E-state index contributed by atoms with van der Waals surface area (Å²) >= 11 is 12.1. The van der Waals surface area contributed by atoms with Gasteiger partial charge in [0, 0.05) is 36.8 Å². The summed E-state index contributed by atoms with van der Waals surface area (Å²) < 4.78 is 41.8. The van der Waals surface area contributed by atoms with Gasteiger partial charge in [0.2, 0.25) is 0 Å². The molecule has 1 atom stereocenters. The van der Waals surface area contributed by atoms with Crippen LogP contribution in [0.3, 0.4) is 0 Å². The molecule has 1 unspecified atom stereocenters. The molecule has 0 aliphatic heterocycles. The fraction of sp³-hybridized carbons (Fsp3) is 0.167. The van der Waals surface area contributed by atoms with E-state index in [4.69, 9.17) is 23.2 Å². The molecule has 0 fully saturated rings. The van der Waals surface area contributed by atoms with E-state index in [0.29, 0.717) is 16.5 Å². The van der Waals surface area contributed by atoms with Gasteiger partial charge in [-0.05, 0) is 29.3 Å². The second-order valence-electron chi connectivity index (χ2n) is 7.90. The predicted octanol–water partition coefficient (Wildman–Crippen LogP) is 5.39. The number of aromatic nitrogens is 3. The number of nitrogens with one attached hydrogen (secondary N) is 1. The Labute approximate surface area is 212 Å². The van der Waals surface area contributed by atoms with Crippen molar-refractivity contribution in [2.24, 2.45) is 7.05 Å². The van der Waals surface area contributed by atoms with E-state index < -0.39 is 29.8 Å². The number of fused-ring (bicyclic) bond motifs is 1. The zero-order chi connectivity index (χ0) is 26.2. The lowest BCUT2D eigenvalue weighted by molar-refractivity contribution is -0.141. The number of pyridine rings is 1. The number of aliphatic carboxylic acids is 1. The molecular weight excluding hydrogens is 520 g/mol. The second-order valence-corrected chi connectivity index (χ2v) is 8.71. The second kappa shape index (κ2) is 9.79. The fourth-order valence-corrected chi connectivity index (χ4v) is 4.46. The number of halogens is 5. The number of carbonyl (C=O) groups is 2. The summed E-state index contributed by atoms with van der Waals surface area (Å²) in [5.41, 5.74) is -0.308. The number of carboxylic acids is 1. The highest BCUT2D eigenvalue weighted by Crippen LogP contribution is 2.39. The molecule has 7 nitrogen and oxygen atoms in total. The standard InChI is InChI=1S/C24H17Cl2F3N4O3/c1-33-11-15(21(32-33)24(27,28)29)13-8-7-12(20-14(13)4-3-9-30-20)10-18(23(35)36)31-22(34)19-16(25)5-2-6-17(19)26/h2-9,11,18H,10H2,1H3,(H,31,34)(H,35,36). The number of hydrogen-bond donors (Lipinski definition) is 2. The maximum absolute atomic E-state index is 13.6. The van der Waals surface area contributed by atoms with Crippen LogP contribution in [0.15, 0.2) is 54.9 Å². The van der Waals surface area contributed by atoms with E-state index in [1.807, 2.05) is 0 Å². The van der Waals surface area contributed by atoms with Crippen LogP contribution < -0.4 is 5.32 Å². The molecule has 0 bridgehead atoms. The van der Waals surface area contributed by atoms with Crippen LogP contribution in [0.25, 0.3) is 22.0 Å². The average Bonchev–Trinajstić information content (AvgIpc) is 3.20. The zero-order valence-electron chi connectivity index (χ0n) is 18.5. The van der Waals surface area contributed by atoms with Crippen molar-refractivity contribution in [1.82, 2.24) is 20.1 Å². The maximum Gasteiger partial charge on any atom is 0.435 e. The molecule has 0 radical (unpaired) electrons. The Morgan fingerprint density at radius 1 is 1.08 bits per heavy atom. The lowest BCUT2D eigenvalue weighted by atomic mass is 9.95.